The molecule has 1 saturated carbocycles. The highest BCUT2D eigenvalue weighted by Crippen LogP contribution is 2.33. The lowest BCUT2D eigenvalue weighted by molar-refractivity contribution is -0.115. The molecule has 86 valence electrons. The molecule has 0 aliphatic heterocycles. The van der Waals surface area contributed by atoms with Gasteiger partial charge in [0.1, 0.15) is 5.78 Å². The van der Waals surface area contributed by atoms with Crippen LogP contribution in [0.1, 0.15) is 44.1 Å². The Morgan fingerprint density at radius 2 is 2.00 bits per heavy atom. The number of carbonyl (C=O) groups excluding carboxylic acids is 1. The van der Waals surface area contributed by atoms with Gasteiger partial charge in [-0.3, -0.25) is 4.79 Å². The first kappa shape index (κ1) is 11.0. The summed E-state index contributed by atoms with van der Waals surface area (Å²) in [6, 6.07) is 0. The molecule has 16 heavy (non-hydrogen) atoms. The van der Waals surface area contributed by atoms with Crippen molar-refractivity contribution in [2.45, 2.75) is 38.5 Å². The first-order valence-electron chi connectivity index (χ1n) is 5.81. The van der Waals surface area contributed by atoms with Crippen LogP contribution in [0.5, 0.6) is 0 Å². The summed E-state index contributed by atoms with van der Waals surface area (Å²) in [6.45, 7) is 1.84. The van der Waals surface area contributed by atoms with Gasteiger partial charge < -0.3 is 5.32 Å². The van der Waals surface area contributed by atoms with Crippen molar-refractivity contribution in [3.63, 3.8) is 0 Å². The lowest BCUT2D eigenvalue weighted by atomic mass is 10.0. The molecule has 0 spiro atoms. The zero-order valence-corrected chi connectivity index (χ0v) is 9.57. The van der Waals surface area contributed by atoms with E-state index in [9.17, 15) is 4.79 Å². The van der Waals surface area contributed by atoms with Crippen molar-refractivity contribution in [2.24, 2.45) is 0 Å². The third kappa shape index (κ3) is 2.78. The van der Waals surface area contributed by atoms with E-state index in [1.54, 1.807) is 6.92 Å². The number of hydrogen-bond acceptors (Lipinski definition) is 4. The Morgan fingerprint density at radius 3 is 2.56 bits per heavy atom. The van der Waals surface area contributed by atoms with Gasteiger partial charge in [-0.15, -0.1) is 0 Å². The SMILES string of the molecule is CC(=O)CNc1ncc(C2CCCC2)cn1. The van der Waals surface area contributed by atoms with E-state index in [0.717, 1.165) is 0 Å². The number of nitrogens with zero attached hydrogens (tertiary/aromatic N) is 2. The van der Waals surface area contributed by atoms with Gasteiger partial charge in [-0.25, -0.2) is 9.97 Å². The molecule has 0 bridgehead atoms. The summed E-state index contributed by atoms with van der Waals surface area (Å²) in [4.78, 5) is 19.2. The van der Waals surface area contributed by atoms with E-state index in [-0.39, 0.29) is 5.78 Å². The van der Waals surface area contributed by atoms with Gasteiger partial charge in [-0.05, 0) is 31.2 Å². The van der Waals surface area contributed by atoms with Crippen molar-refractivity contribution in [1.82, 2.24) is 9.97 Å². The van der Waals surface area contributed by atoms with Gasteiger partial charge >= 0.3 is 0 Å². The van der Waals surface area contributed by atoms with Gasteiger partial charge in [0.05, 0.1) is 6.54 Å². The molecule has 1 aliphatic rings. The third-order valence-corrected chi connectivity index (χ3v) is 2.99. The summed E-state index contributed by atoms with van der Waals surface area (Å²) >= 11 is 0. The molecule has 4 heteroatoms. The summed E-state index contributed by atoms with van der Waals surface area (Å²) in [6.07, 6.45) is 8.90. The van der Waals surface area contributed by atoms with E-state index in [1.807, 2.05) is 12.4 Å². The maximum Gasteiger partial charge on any atom is 0.222 e. The van der Waals surface area contributed by atoms with Crippen molar-refractivity contribution < 1.29 is 4.79 Å². The topological polar surface area (TPSA) is 54.9 Å². The Morgan fingerprint density at radius 1 is 1.38 bits per heavy atom. The predicted molar refractivity (Wildman–Crippen MR) is 62.4 cm³/mol. The molecule has 4 nitrogen and oxygen atoms in total. The highest BCUT2D eigenvalue weighted by molar-refractivity contribution is 5.79. The number of anilines is 1. The Hall–Kier alpha value is -1.45. The van der Waals surface area contributed by atoms with Gasteiger partial charge in [-0.1, -0.05) is 12.8 Å². The molecule has 1 aromatic heterocycles. The van der Waals surface area contributed by atoms with Crippen molar-refractivity contribution in [1.29, 1.82) is 0 Å². The van der Waals surface area contributed by atoms with E-state index in [0.29, 0.717) is 18.4 Å². The number of Topliss-reactive ketones (excluding diaryl/α,β-unsaturated/α-hetero) is 1. The zero-order chi connectivity index (χ0) is 11.4. The predicted octanol–water partition coefficient (Wildman–Crippen LogP) is 2.14. The fraction of sp³-hybridized carbons (Fsp3) is 0.583. The van der Waals surface area contributed by atoms with Crippen LogP contribution < -0.4 is 5.32 Å². The quantitative estimate of drug-likeness (QED) is 0.842. The van der Waals surface area contributed by atoms with Crippen LogP contribution in [0.15, 0.2) is 12.4 Å². The molecule has 1 N–H and O–H groups in total. The van der Waals surface area contributed by atoms with Gasteiger partial charge in [0.25, 0.3) is 0 Å². The van der Waals surface area contributed by atoms with Crippen LogP contribution in [-0.4, -0.2) is 22.3 Å². The number of hydrogen-bond donors (Lipinski definition) is 1. The second-order valence-corrected chi connectivity index (χ2v) is 4.38. The molecule has 0 radical (unpaired) electrons. The fourth-order valence-electron chi connectivity index (χ4n) is 2.10. The standard InChI is InChI=1S/C12H17N3O/c1-9(16)6-13-12-14-7-11(8-15-12)10-4-2-3-5-10/h7-8,10H,2-6H2,1H3,(H,13,14,15). The minimum absolute atomic E-state index is 0.0865. The monoisotopic (exact) mass is 219 g/mol. The number of nitrogens with one attached hydrogen (secondary N) is 1. The molecular weight excluding hydrogens is 202 g/mol. The molecule has 1 aliphatic carbocycles. The van der Waals surface area contributed by atoms with Crippen LogP contribution in [0.25, 0.3) is 0 Å². The second kappa shape index (κ2) is 5.05. The van der Waals surface area contributed by atoms with E-state index >= 15 is 0 Å². The van der Waals surface area contributed by atoms with Crippen LogP contribution in [0.3, 0.4) is 0 Å². The Bertz CT molecular complexity index is 355. The zero-order valence-electron chi connectivity index (χ0n) is 9.57. The summed E-state index contributed by atoms with van der Waals surface area (Å²) in [7, 11) is 0. The van der Waals surface area contributed by atoms with E-state index in [4.69, 9.17) is 0 Å². The molecule has 1 aromatic rings. The average Bonchev–Trinajstić information content (AvgIpc) is 2.80. The van der Waals surface area contributed by atoms with E-state index < -0.39 is 0 Å². The van der Waals surface area contributed by atoms with Crippen molar-refractivity contribution in [3.05, 3.63) is 18.0 Å². The van der Waals surface area contributed by atoms with Crippen LogP contribution in [0.4, 0.5) is 5.95 Å². The first-order valence-corrected chi connectivity index (χ1v) is 5.81. The first-order chi connectivity index (χ1) is 7.75. The molecule has 0 saturated heterocycles. The smallest absolute Gasteiger partial charge is 0.222 e. The normalized spacial score (nSPS) is 16.3. The number of ketones is 1. The molecule has 0 amide bonds. The maximum atomic E-state index is 10.8. The van der Waals surface area contributed by atoms with Gasteiger partial charge in [0.2, 0.25) is 5.95 Å². The lowest BCUT2D eigenvalue weighted by Crippen LogP contribution is -2.12. The summed E-state index contributed by atoms with van der Waals surface area (Å²) in [5.41, 5.74) is 1.23. The number of rotatable bonds is 4. The Balaban J connectivity index is 1.95. The summed E-state index contributed by atoms with van der Waals surface area (Å²) < 4.78 is 0. The van der Waals surface area contributed by atoms with Crippen molar-refractivity contribution in [2.75, 3.05) is 11.9 Å². The van der Waals surface area contributed by atoms with Gasteiger partial charge in [-0.2, -0.15) is 0 Å². The molecule has 0 atom stereocenters. The van der Waals surface area contributed by atoms with Crippen molar-refractivity contribution >= 4 is 11.7 Å². The van der Waals surface area contributed by atoms with Crippen LogP contribution in [0.2, 0.25) is 0 Å². The largest absolute Gasteiger partial charge is 0.347 e. The maximum absolute atomic E-state index is 10.8. The van der Waals surface area contributed by atoms with E-state index in [1.165, 1.54) is 31.2 Å². The summed E-state index contributed by atoms with van der Waals surface area (Å²) in [5, 5.41) is 2.89. The van der Waals surface area contributed by atoms with Crippen LogP contribution >= 0.6 is 0 Å². The van der Waals surface area contributed by atoms with Crippen molar-refractivity contribution in [3.8, 4) is 0 Å². The molecular formula is C12H17N3O. The highest BCUT2D eigenvalue weighted by Gasteiger charge is 2.17. The Kier molecular flexibility index (Phi) is 3.49. The lowest BCUT2D eigenvalue weighted by Gasteiger charge is -2.08. The molecule has 1 fully saturated rings. The van der Waals surface area contributed by atoms with Crippen LogP contribution in [0, 0.1) is 0 Å². The Labute approximate surface area is 95.5 Å². The molecule has 0 aromatic carbocycles. The number of carbonyl (C=O) groups is 1. The average molecular weight is 219 g/mol. The van der Waals surface area contributed by atoms with E-state index in [2.05, 4.69) is 15.3 Å². The molecule has 2 rings (SSSR count). The highest BCUT2D eigenvalue weighted by atomic mass is 16.1. The minimum Gasteiger partial charge on any atom is -0.347 e. The van der Waals surface area contributed by atoms with Gasteiger partial charge in [0, 0.05) is 12.4 Å². The molecule has 0 unspecified atom stereocenters. The minimum atomic E-state index is 0.0865. The second-order valence-electron chi connectivity index (χ2n) is 4.38. The fourth-order valence-corrected chi connectivity index (χ4v) is 2.10. The molecule has 1 heterocycles. The third-order valence-electron chi connectivity index (χ3n) is 2.99. The summed E-state index contributed by atoms with van der Waals surface area (Å²) in [5.74, 6) is 1.27. The van der Waals surface area contributed by atoms with Gasteiger partial charge in [0.15, 0.2) is 0 Å². The van der Waals surface area contributed by atoms with Crippen LogP contribution in [-0.2, 0) is 4.79 Å². The number of aromatic nitrogens is 2.